The minimum absolute atomic E-state index is 0.00894. The van der Waals surface area contributed by atoms with Crippen LogP contribution < -0.4 is 10.6 Å². The molecule has 0 radical (unpaired) electrons. The number of rotatable bonds is 12. The molecule has 0 aromatic heterocycles. The summed E-state index contributed by atoms with van der Waals surface area (Å²) in [5.41, 5.74) is -1.41. The number of alkyl carbamates (subject to hydrolysis) is 1. The zero-order chi connectivity index (χ0) is 23.8. The fourth-order valence-electron chi connectivity index (χ4n) is 2.12. The molecule has 178 valence electrons. The van der Waals surface area contributed by atoms with Gasteiger partial charge in [-0.1, -0.05) is 27.7 Å². The largest absolute Gasteiger partial charge is 0.444 e. The Balaban J connectivity index is 4.71. The second kappa shape index (κ2) is 12.0. The first-order chi connectivity index (χ1) is 13.4. The van der Waals surface area contributed by atoms with Crippen LogP contribution in [0.3, 0.4) is 0 Å². The van der Waals surface area contributed by atoms with Gasteiger partial charge in [0.25, 0.3) is 10.1 Å². The van der Waals surface area contributed by atoms with Crippen molar-refractivity contribution >= 4 is 33.2 Å². The van der Waals surface area contributed by atoms with Gasteiger partial charge in [0.2, 0.25) is 5.91 Å². The number of nitrogens with one attached hydrogen (secondary N) is 2. The predicted molar refractivity (Wildman–Crippen MR) is 115 cm³/mol. The molecule has 0 fully saturated rings. The Kier molecular flexibility index (Phi) is 11.5. The summed E-state index contributed by atoms with van der Waals surface area (Å²) < 4.78 is 53.2. The molecule has 0 saturated heterocycles. The van der Waals surface area contributed by atoms with Gasteiger partial charge >= 0.3 is 6.09 Å². The van der Waals surface area contributed by atoms with Crippen LogP contribution in [0.2, 0.25) is 0 Å². The number of hydrogen-bond donors (Lipinski definition) is 3. The molecule has 0 aromatic carbocycles. The summed E-state index contributed by atoms with van der Waals surface area (Å²) >= 11 is -2.05. The van der Waals surface area contributed by atoms with Crippen molar-refractivity contribution in [2.75, 3.05) is 24.7 Å². The van der Waals surface area contributed by atoms with Gasteiger partial charge in [-0.2, -0.15) is 8.42 Å². The fourth-order valence-corrected chi connectivity index (χ4v) is 3.81. The monoisotopic (exact) mass is 472 g/mol. The molecule has 0 rings (SSSR count). The van der Waals surface area contributed by atoms with E-state index in [1.807, 2.05) is 0 Å². The zero-order valence-electron chi connectivity index (χ0n) is 18.8. The van der Waals surface area contributed by atoms with Crippen LogP contribution in [0.15, 0.2) is 0 Å². The Morgan fingerprint density at radius 1 is 1.13 bits per heavy atom. The van der Waals surface area contributed by atoms with E-state index in [1.54, 1.807) is 48.5 Å². The summed E-state index contributed by atoms with van der Waals surface area (Å²) in [6.45, 7) is 12.1. The van der Waals surface area contributed by atoms with E-state index < -0.39 is 50.3 Å². The Morgan fingerprint density at radius 3 is 2.17 bits per heavy atom. The molecular weight excluding hydrogens is 436 g/mol. The van der Waals surface area contributed by atoms with Gasteiger partial charge < -0.3 is 19.9 Å². The highest BCUT2D eigenvalue weighted by Gasteiger charge is 2.29. The van der Waals surface area contributed by atoms with E-state index in [1.165, 1.54) is 0 Å². The van der Waals surface area contributed by atoms with Crippen molar-refractivity contribution in [2.45, 2.75) is 66.5 Å². The standard InChI is InChI=1S/C18H36N2O8S2/c1-13(2)14(20-16(22)28-17(3,4)5)15(21)19-11-18(6,7)12-27-30(25,26)10-8-9-29(23)24/h13-14H,8-12H2,1-7H3,(H,19,21)(H,20,22)(H,23,24)/t14-/m0/s1. The van der Waals surface area contributed by atoms with Gasteiger partial charge in [-0.05, 0) is 33.1 Å². The fraction of sp³-hybridized carbons (Fsp3) is 0.889. The van der Waals surface area contributed by atoms with Gasteiger partial charge in [0.05, 0.1) is 18.1 Å². The summed E-state index contributed by atoms with van der Waals surface area (Å²) in [4.78, 5) is 24.5. The normalized spacial score (nSPS) is 14.8. The van der Waals surface area contributed by atoms with Crippen molar-refractivity contribution < 1.29 is 35.7 Å². The van der Waals surface area contributed by atoms with E-state index in [-0.39, 0.29) is 37.0 Å². The third-order valence-electron chi connectivity index (χ3n) is 3.71. The SMILES string of the molecule is CC(C)[C@H](NC(=O)OC(C)(C)C)C(=O)NCC(C)(C)COS(=O)(=O)CCCS(=O)O. The van der Waals surface area contributed by atoms with Crippen molar-refractivity contribution in [3.8, 4) is 0 Å². The summed E-state index contributed by atoms with van der Waals surface area (Å²) in [5.74, 6) is -1.13. The van der Waals surface area contributed by atoms with Gasteiger partial charge in [0.1, 0.15) is 11.6 Å². The summed E-state index contributed by atoms with van der Waals surface area (Å²) in [6.07, 6.45) is -0.691. The van der Waals surface area contributed by atoms with Crippen LogP contribution in [0.25, 0.3) is 0 Å². The molecule has 2 amide bonds. The van der Waals surface area contributed by atoms with E-state index in [9.17, 15) is 22.2 Å². The zero-order valence-corrected chi connectivity index (χ0v) is 20.4. The number of carbonyl (C=O) groups excluding carboxylic acids is 2. The van der Waals surface area contributed by atoms with E-state index in [0.29, 0.717) is 0 Å². The highest BCUT2D eigenvalue weighted by atomic mass is 32.2. The molecular formula is C18H36N2O8S2. The lowest BCUT2D eigenvalue weighted by molar-refractivity contribution is -0.124. The molecule has 12 heteroatoms. The van der Waals surface area contributed by atoms with Gasteiger partial charge in [0, 0.05) is 12.0 Å². The smallest absolute Gasteiger partial charge is 0.408 e. The van der Waals surface area contributed by atoms with Gasteiger partial charge in [-0.25, -0.2) is 9.00 Å². The maximum atomic E-state index is 12.5. The second-order valence-electron chi connectivity index (χ2n) is 9.15. The van der Waals surface area contributed by atoms with Crippen LogP contribution in [-0.4, -0.2) is 65.5 Å². The second-order valence-corrected chi connectivity index (χ2v) is 12.0. The molecule has 0 saturated carbocycles. The minimum Gasteiger partial charge on any atom is -0.444 e. The van der Waals surface area contributed by atoms with Crippen LogP contribution >= 0.6 is 0 Å². The lowest BCUT2D eigenvalue weighted by Gasteiger charge is -2.28. The Bertz CT molecular complexity index is 699. The third-order valence-corrected chi connectivity index (χ3v) is 5.61. The van der Waals surface area contributed by atoms with Crippen molar-refractivity contribution in [1.29, 1.82) is 0 Å². The van der Waals surface area contributed by atoms with Crippen molar-refractivity contribution in [3.63, 3.8) is 0 Å². The van der Waals surface area contributed by atoms with E-state index in [4.69, 9.17) is 13.5 Å². The first-order valence-corrected chi connectivity index (χ1v) is 12.5. The lowest BCUT2D eigenvalue weighted by Crippen LogP contribution is -2.52. The maximum absolute atomic E-state index is 12.5. The molecule has 0 aromatic rings. The van der Waals surface area contributed by atoms with Gasteiger partial charge in [-0.3, -0.25) is 8.98 Å². The first kappa shape index (κ1) is 28.8. The Hall–Kier alpha value is -1.24. The van der Waals surface area contributed by atoms with E-state index in [2.05, 4.69) is 10.6 Å². The maximum Gasteiger partial charge on any atom is 0.408 e. The molecule has 0 heterocycles. The molecule has 2 atom stereocenters. The lowest BCUT2D eigenvalue weighted by atomic mass is 9.94. The average Bonchev–Trinajstić information content (AvgIpc) is 2.54. The Labute approximate surface area is 182 Å². The summed E-state index contributed by atoms with van der Waals surface area (Å²) in [7, 11) is -3.84. The molecule has 1 unspecified atom stereocenters. The molecule has 0 aliphatic heterocycles. The third kappa shape index (κ3) is 13.9. The summed E-state index contributed by atoms with van der Waals surface area (Å²) in [5, 5.41) is 5.26. The van der Waals surface area contributed by atoms with Crippen molar-refractivity contribution in [1.82, 2.24) is 10.6 Å². The number of amides is 2. The summed E-state index contributed by atoms with van der Waals surface area (Å²) in [6, 6.07) is -0.820. The first-order valence-electron chi connectivity index (χ1n) is 9.66. The molecule has 0 aliphatic rings. The molecule has 0 bridgehead atoms. The molecule has 10 nitrogen and oxygen atoms in total. The van der Waals surface area contributed by atoms with E-state index in [0.717, 1.165) is 0 Å². The van der Waals surface area contributed by atoms with Crippen LogP contribution in [0.4, 0.5) is 4.79 Å². The van der Waals surface area contributed by atoms with Crippen molar-refractivity contribution in [3.05, 3.63) is 0 Å². The molecule has 30 heavy (non-hydrogen) atoms. The molecule has 0 aliphatic carbocycles. The number of hydrogen-bond acceptors (Lipinski definition) is 7. The quantitative estimate of drug-likeness (QED) is 0.287. The predicted octanol–water partition coefficient (Wildman–Crippen LogP) is 1.64. The highest BCUT2D eigenvalue weighted by Crippen LogP contribution is 2.16. The Morgan fingerprint density at radius 2 is 1.70 bits per heavy atom. The van der Waals surface area contributed by atoms with E-state index >= 15 is 0 Å². The highest BCUT2D eigenvalue weighted by molar-refractivity contribution is 7.86. The van der Waals surface area contributed by atoms with Gasteiger partial charge in [0.15, 0.2) is 11.1 Å². The van der Waals surface area contributed by atoms with Crippen LogP contribution in [0, 0.1) is 11.3 Å². The van der Waals surface area contributed by atoms with Crippen LogP contribution in [0.5, 0.6) is 0 Å². The topological polar surface area (TPSA) is 148 Å². The average molecular weight is 473 g/mol. The van der Waals surface area contributed by atoms with Crippen LogP contribution in [-0.2, 0) is 34.9 Å². The minimum atomic E-state index is -3.84. The van der Waals surface area contributed by atoms with Crippen molar-refractivity contribution in [2.24, 2.45) is 11.3 Å². The van der Waals surface area contributed by atoms with Crippen LogP contribution in [0.1, 0.15) is 54.9 Å². The number of carbonyl (C=O) groups is 2. The molecule has 3 N–H and O–H groups in total. The number of ether oxygens (including phenoxy) is 1. The van der Waals surface area contributed by atoms with Gasteiger partial charge in [-0.15, -0.1) is 0 Å². The molecule has 0 spiro atoms.